The van der Waals surface area contributed by atoms with Crippen molar-refractivity contribution in [2.45, 2.75) is 18.9 Å². The average Bonchev–Trinajstić information content (AvgIpc) is 3.27. The number of aromatic nitrogens is 1. The second-order valence-electron chi connectivity index (χ2n) is 7.11. The summed E-state index contributed by atoms with van der Waals surface area (Å²) < 4.78 is 16.3. The van der Waals surface area contributed by atoms with Gasteiger partial charge in [-0.15, -0.1) is 0 Å². The molecule has 2 aliphatic heterocycles. The molecule has 3 heterocycles. The largest absolute Gasteiger partial charge is 0.493 e. The predicted molar refractivity (Wildman–Crippen MR) is 107 cm³/mol. The molecule has 0 aliphatic carbocycles. The number of ether oxygens (including phenoxy) is 3. The summed E-state index contributed by atoms with van der Waals surface area (Å²) in [4.78, 5) is 21.2. The van der Waals surface area contributed by atoms with Crippen molar-refractivity contribution in [2.75, 3.05) is 57.6 Å². The lowest BCUT2D eigenvalue weighted by molar-refractivity contribution is -0.141. The van der Waals surface area contributed by atoms with Crippen LogP contribution in [0, 0.1) is 0 Å². The van der Waals surface area contributed by atoms with Gasteiger partial charge in [-0.25, -0.2) is 4.98 Å². The SMILES string of the molecule is COc1cc2cc(N3CCN(C(=O)C4CCCO4)CC3)nc(N)c2cc1OC. The van der Waals surface area contributed by atoms with Gasteiger partial charge in [0, 0.05) is 38.2 Å². The quantitative estimate of drug-likeness (QED) is 0.855. The van der Waals surface area contributed by atoms with Crippen LogP contribution in [-0.2, 0) is 9.53 Å². The molecule has 2 fully saturated rings. The number of fused-ring (bicyclic) bond motifs is 1. The molecular formula is C20H26N4O4. The lowest BCUT2D eigenvalue weighted by Crippen LogP contribution is -2.51. The van der Waals surface area contributed by atoms with Crippen LogP contribution in [0.1, 0.15) is 12.8 Å². The first-order valence-electron chi connectivity index (χ1n) is 9.58. The summed E-state index contributed by atoms with van der Waals surface area (Å²) in [6.07, 6.45) is 1.53. The number of anilines is 2. The second kappa shape index (κ2) is 7.71. The third kappa shape index (κ3) is 3.40. The monoisotopic (exact) mass is 386 g/mol. The Bertz CT molecular complexity index is 874. The Morgan fingerprint density at radius 1 is 1.14 bits per heavy atom. The lowest BCUT2D eigenvalue weighted by Gasteiger charge is -2.36. The van der Waals surface area contributed by atoms with Gasteiger partial charge in [-0.2, -0.15) is 0 Å². The van der Waals surface area contributed by atoms with E-state index >= 15 is 0 Å². The Balaban J connectivity index is 1.52. The van der Waals surface area contributed by atoms with Crippen LogP contribution in [0.15, 0.2) is 18.2 Å². The number of benzene rings is 1. The second-order valence-corrected chi connectivity index (χ2v) is 7.11. The Kier molecular flexibility index (Phi) is 5.13. The molecule has 0 spiro atoms. The molecule has 2 aliphatic rings. The van der Waals surface area contributed by atoms with Gasteiger partial charge in [0.15, 0.2) is 11.5 Å². The first-order chi connectivity index (χ1) is 13.6. The molecule has 150 valence electrons. The minimum absolute atomic E-state index is 0.111. The van der Waals surface area contributed by atoms with Crippen LogP contribution >= 0.6 is 0 Å². The van der Waals surface area contributed by atoms with Crippen molar-refractivity contribution in [1.29, 1.82) is 0 Å². The van der Waals surface area contributed by atoms with Crippen LogP contribution in [0.2, 0.25) is 0 Å². The number of nitrogens with zero attached hydrogens (tertiary/aromatic N) is 3. The van der Waals surface area contributed by atoms with Crippen molar-refractivity contribution in [3.8, 4) is 11.5 Å². The number of carbonyl (C=O) groups is 1. The molecule has 0 radical (unpaired) electrons. The number of piperazine rings is 1. The summed E-state index contributed by atoms with van der Waals surface area (Å²) in [6, 6.07) is 5.76. The van der Waals surface area contributed by atoms with Gasteiger partial charge in [-0.1, -0.05) is 0 Å². The van der Waals surface area contributed by atoms with Gasteiger partial charge in [-0.05, 0) is 36.4 Å². The Labute approximate surface area is 164 Å². The van der Waals surface area contributed by atoms with Crippen LogP contribution in [0.4, 0.5) is 11.6 Å². The van der Waals surface area contributed by atoms with E-state index in [1.165, 1.54) is 0 Å². The fourth-order valence-electron chi connectivity index (χ4n) is 3.88. The topological polar surface area (TPSA) is 90.2 Å². The minimum atomic E-state index is -0.261. The molecule has 1 atom stereocenters. The van der Waals surface area contributed by atoms with Crippen LogP contribution in [0.25, 0.3) is 10.8 Å². The number of rotatable bonds is 4. The highest BCUT2D eigenvalue weighted by Gasteiger charge is 2.30. The highest BCUT2D eigenvalue weighted by atomic mass is 16.5. The van der Waals surface area contributed by atoms with E-state index in [4.69, 9.17) is 19.9 Å². The molecule has 1 aromatic heterocycles. The van der Waals surface area contributed by atoms with Gasteiger partial charge in [-0.3, -0.25) is 4.79 Å². The molecule has 1 unspecified atom stereocenters. The smallest absolute Gasteiger partial charge is 0.251 e. The van der Waals surface area contributed by atoms with Gasteiger partial charge in [0.05, 0.1) is 14.2 Å². The van der Waals surface area contributed by atoms with E-state index in [2.05, 4.69) is 9.88 Å². The molecule has 1 aromatic carbocycles. The van der Waals surface area contributed by atoms with Crippen LogP contribution < -0.4 is 20.1 Å². The first kappa shape index (κ1) is 18.6. The number of amides is 1. The summed E-state index contributed by atoms with van der Waals surface area (Å²) in [5.41, 5.74) is 6.22. The summed E-state index contributed by atoms with van der Waals surface area (Å²) in [5, 5.41) is 1.77. The van der Waals surface area contributed by atoms with Crippen molar-refractivity contribution in [3.63, 3.8) is 0 Å². The fourth-order valence-corrected chi connectivity index (χ4v) is 3.88. The van der Waals surface area contributed by atoms with E-state index in [0.717, 1.165) is 29.4 Å². The molecule has 28 heavy (non-hydrogen) atoms. The molecule has 0 bridgehead atoms. The average molecular weight is 386 g/mol. The van der Waals surface area contributed by atoms with Crippen LogP contribution in [0.3, 0.4) is 0 Å². The molecular weight excluding hydrogens is 360 g/mol. The van der Waals surface area contributed by atoms with Gasteiger partial charge < -0.3 is 29.7 Å². The minimum Gasteiger partial charge on any atom is -0.493 e. The molecule has 8 nitrogen and oxygen atoms in total. The van der Waals surface area contributed by atoms with Crippen molar-refractivity contribution in [1.82, 2.24) is 9.88 Å². The van der Waals surface area contributed by atoms with E-state index < -0.39 is 0 Å². The number of pyridine rings is 1. The van der Waals surface area contributed by atoms with E-state index in [1.54, 1.807) is 14.2 Å². The third-order valence-corrected chi connectivity index (χ3v) is 5.47. The summed E-state index contributed by atoms with van der Waals surface area (Å²) in [5.74, 6) is 2.64. The van der Waals surface area contributed by atoms with Gasteiger partial charge in [0.1, 0.15) is 17.7 Å². The summed E-state index contributed by atoms with van der Waals surface area (Å²) in [6.45, 7) is 3.42. The maximum atomic E-state index is 12.5. The lowest BCUT2D eigenvalue weighted by atomic mass is 10.1. The first-order valence-corrected chi connectivity index (χ1v) is 9.58. The van der Waals surface area contributed by atoms with Crippen molar-refractivity contribution in [2.24, 2.45) is 0 Å². The maximum Gasteiger partial charge on any atom is 0.251 e. The van der Waals surface area contributed by atoms with E-state index in [1.807, 2.05) is 23.1 Å². The third-order valence-electron chi connectivity index (χ3n) is 5.47. The normalized spacial score (nSPS) is 19.9. The zero-order chi connectivity index (χ0) is 19.7. The van der Waals surface area contributed by atoms with Crippen molar-refractivity contribution < 1.29 is 19.0 Å². The molecule has 1 amide bonds. The Morgan fingerprint density at radius 2 is 1.86 bits per heavy atom. The van der Waals surface area contributed by atoms with Gasteiger partial charge in [0.2, 0.25) is 0 Å². The molecule has 0 saturated carbocycles. The van der Waals surface area contributed by atoms with Gasteiger partial charge in [0.25, 0.3) is 5.91 Å². The summed E-state index contributed by atoms with van der Waals surface area (Å²) >= 11 is 0. The molecule has 4 rings (SSSR count). The molecule has 2 N–H and O–H groups in total. The highest BCUT2D eigenvalue weighted by Crippen LogP contribution is 2.35. The molecule has 8 heteroatoms. The number of nitrogen functional groups attached to an aromatic ring is 1. The number of nitrogens with two attached hydrogens (primary N) is 1. The highest BCUT2D eigenvalue weighted by molar-refractivity contribution is 5.95. The van der Waals surface area contributed by atoms with Crippen molar-refractivity contribution in [3.05, 3.63) is 18.2 Å². The zero-order valence-electron chi connectivity index (χ0n) is 16.3. The molecule has 2 saturated heterocycles. The number of hydrogen-bond donors (Lipinski definition) is 1. The fraction of sp³-hybridized carbons (Fsp3) is 0.500. The van der Waals surface area contributed by atoms with E-state index in [9.17, 15) is 4.79 Å². The van der Waals surface area contributed by atoms with Gasteiger partial charge >= 0.3 is 0 Å². The molecule has 2 aromatic rings. The van der Waals surface area contributed by atoms with E-state index in [0.29, 0.717) is 50.1 Å². The Hall–Kier alpha value is -2.74. The number of hydrogen-bond acceptors (Lipinski definition) is 7. The van der Waals surface area contributed by atoms with E-state index in [-0.39, 0.29) is 12.0 Å². The predicted octanol–water partition coefficient (Wildman–Crippen LogP) is 1.66. The zero-order valence-corrected chi connectivity index (χ0v) is 16.3. The summed E-state index contributed by atoms with van der Waals surface area (Å²) in [7, 11) is 3.21. The van der Waals surface area contributed by atoms with Crippen molar-refractivity contribution >= 4 is 28.3 Å². The standard InChI is InChI=1S/C20H26N4O4/c1-26-16-10-13-11-18(22-19(21)14(13)12-17(16)27-2)23-5-7-24(8-6-23)20(25)15-4-3-9-28-15/h10-12,15H,3-9H2,1-2H3,(H2,21,22). The van der Waals surface area contributed by atoms with Crippen LogP contribution in [-0.4, -0.2) is 68.9 Å². The maximum absolute atomic E-state index is 12.5. The van der Waals surface area contributed by atoms with Crippen LogP contribution in [0.5, 0.6) is 11.5 Å². The number of methoxy groups -OCH3 is 2. The number of carbonyl (C=O) groups excluding carboxylic acids is 1. The Morgan fingerprint density at radius 3 is 2.50 bits per heavy atom.